The number of nitrogens with zero attached hydrogens (tertiary/aromatic N) is 4. The smallest absolute Gasteiger partial charge is 0.133 e. The molecule has 0 aliphatic carbocycles. The Labute approximate surface area is 138 Å². The van der Waals surface area contributed by atoms with Crippen molar-refractivity contribution in [1.29, 1.82) is 0 Å². The Morgan fingerprint density at radius 3 is 2.65 bits per heavy atom. The van der Waals surface area contributed by atoms with Crippen molar-refractivity contribution in [1.82, 2.24) is 15.0 Å². The summed E-state index contributed by atoms with van der Waals surface area (Å²) in [6, 6.07) is 6.08. The Balaban J connectivity index is 1.92. The van der Waals surface area contributed by atoms with Crippen molar-refractivity contribution in [2.24, 2.45) is 11.7 Å². The van der Waals surface area contributed by atoms with Crippen LogP contribution in [0.2, 0.25) is 0 Å². The Morgan fingerprint density at radius 2 is 2.04 bits per heavy atom. The summed E-state index contributed by atoms with van der Waals surface area (Å²) < 4.78 is 0. The average molecular weight is 311 g/mol. The quantitative estimate of drug-likeness (QED) is 0.940. The van der Waals surface area contributed by atoms with Crippen molar-refractivity contribution in [3.05, 3.63) is 36.4 Å². The molecule has 0 aromatic carbocycles. The highest BCUT2D eigenvalue weighted by molar-refractivity contribution is 5.62. The van der Waals surface area contributed by atoms with Crippen LogP contribution in [0.5, 0.6) is 0 Å². The fraction of sp³-hybridized carbons (Fsp3) is 0.500. The summed E-state index contributed by atoms with van der Waals surface area (Å²) >= 11 is 0. The number of hydrogen-bond acceptors (Lipinski definition) is 5. The van der Waals surface area contributed by atoms with Crippen molar-refractivity contribution in [3.63, 3.8) is 0 Å². The first-order valence-electron chi connectivity index (χ1n) is 8.41. The number of nitrogens with two attached hydrogens (primary N) is 1. The van der Waals surface area contributed by atoms with Crippen LogP contribution in [0.25, 0.3) is 11.3 Å². The number of piperidine rings is 1. The molecule has 0 radical (unpaired) electrons. The van der Waals surface area contributed by atoms with E-state index < -0.39 is 0 Å². The lowest BCUT2D eigenvalue weighted by Gasteiger charge is -2.32. The van der Waals surface area contributed by atoms with E-state index in [0.29, 0.717) is 11.8 Å². The zero-order chi connectivity index (χ0) is 16.2. The first kappa shape index (κ1) is 15.9. The lowest BCUT2D eigenvalue weighted by molar-refractivity contribution is 0.412. The molecule has 0 unspecified atom stereocenters. The number of pyridine rings is 1. The van der Waals surface area contributed by atoms with E-state index in [0.717, 1.165) is 55.4 Å². The fourth-order valence-corrected chi connectivity index (χ4v) is 2.93. The summed E-state index contributed by atoms with van der Waals surface area (Å²) in [5.74, 6) is 2.86. The third-order valence-electron chi connectivity index (χ3n) is 4.48. The van der Waals surface area contributed by atoms with Crippen LogP contribution < -0.4 is 10.6 Å². The van der Waals surface area contributed by atoms with Gasteiger partial charge in [-0.15, -0.1) is 0 Å². The Morgan fingerprint density at radius 1 is 1.26 bits per heavy atom. The highest BCUT2D eigenvalue weighted by atomic mass is 15.2. The maximum Gasteiger partial charge on any atom is 0.133 e. The molecule has 0 bridgehead atoms. The van der Waals surface area contributed by atoms with Crippen molar-refractivity contribution >= 4 is 5.82 Å². The minimum Gasteiger partial charge on any atom is -0.356 e. The largest absolute Gasteiger partial charge is 0.356 e. The molecule has 23 heavy (non-hydrogen) atoms. The van der Waals surface area contributed by atoms with Gasteiger partial charge >= 0.3 is 0 Å². The molecular formula is C18H25N5. The van der Waals surface area contributed by atoms with Gasteiger partial charge in [-0.3, -0.25) is 4.98 Å². The fourth-order valence-electron chi connectivity index (χ4n) is 2.93. The second-order valence-electron chi connectivity index (χ2n) is 6.53. The van der Waals surface area contributed by atoms with Crippen LogP contribution in [0.1, 0.15) is 38.4 Å². The molecule has 0 amide bonds. The maximum absolute atomic E-state index is 5.80. The molecule has 122 valence electrons. The molecule has 5 heteroatoms. The van der Waals surface area contributed by atoms with E-state index in [9.17, 15) is 0 Å². The summed E-state index contributed by atoms with van der Waals surface area (Å²) in [4.78, 5) is 16.1. The molecule has 5 nitrogen and oxygen atoms in total. The van der Waals surface area contributed by atoms with E-state index in [4.69, 9.17) is 15.7 Å². The minimum absolute atomic E-state index is 0.298. The highest BCUT2D eigenvalue weighted by Gasteiger charge is 2.21. The van der Waals surface area contributed by atoms with Crippen LogP contribution in [0.4, 0.5) is 5.82 Å². The second-order valence-corrected chi connectivity index (χ2v) is 6.53. The van der Waals surface area contributed by atoms with E-state index in [1.165, 1.54) is 0 Å². The van der Waals surface area contributed by atoms with E-state index in [-0.39, 0.29) is 0 Å². The molecule has 2 aromatic rings. The molecule has 1 saturated heterocycles. The zero-order valence-electron chi connectivity index (χ0n) is 13.9. The summed E-state index contributed by atoms with van der Waals surface area (Å²) in [5.41, 5.74) is 7.79. The van der Waals surface area contributed by atoms with Crippen molar-refractivity contribution < 1.29 is 0 Å². The Bertz CT molecular complexity index is 633. The molecule has 2 N–H and O–H groups in total. The van der Waals surface area contributed by atoms with E-state index >= 15 is 0 Å². The van der Waals surface area contributed by atoms with Gasteiger partial charge in [0.05, 0.1) is 5.69 Å². The molecule has 2 aromatic heterocycles. The number of hydrogen-bond donors (Lipinski definition) is 1. The highest BCUT2D eigenvalue weighted by Crippen LogP contribution is 2.26. The normalized spacial score (nSPS) is 16.1. The van der Waals surface area contributed by atoms with Gasteiger partial charge in [-0.05, 0) is 37.4 Å². The van der Waals surface area contributed by atoms with Gasteiger partial charge in [0.1, 0.15) is 11.6 Å². The van der Waals surface area contributed by atoms with Crippen LogP contribution in [-0.2, 0) is 0 Å². The molecule has 1 aliphatic rings. The predicted molar refractivity (Wildman–Crippen MR) is 93.3 cm³/mol. The topological polar surface area (TPSA) is 67.9 Å². The monoisotopic (exact) mass is 311 g/mol. The van der Waals surface area contributed by atoms with E-state index in [1.54, 1.807) is 6.20 Å². The molecule has 1 aliphatic heterocycles. The van der Waals surface area contributed by atoms with Gasteiger partial charge in [0.15, 0.2) is 0 Å². The van der Waals surface area contributed by atoms with Crippen molar-refractivity contribution in [2.75, 3.05) is 24.5 Å². The van der Waals surface area contributed by atoms with Gasteiger partial charge in [0, 0.05) is 43.0 Å². The van der Waals surface area contributed by atoms with Gasteiger partial charge in [0.25, 0.3) is 0 Å². The average Bonchev–Trinajstić information content (AvgIpc) is 2.62. The van der Waals surface area contributed by atoms with Crippen molar-refractivity contribution in [3.8, 4) is 11.3 Å². The van der Waals surface area contributed by atoms with Gasteiger partial charge in [-0.25, -0.2) is 9.97 Å². The number of rotatable bonds is 4. The van der Waals surface area contributed by atoms with Crippen LogP contribution in [0, 0.1) is 5.92 Å². The van der Waals surface area contributed by atoms with Gasteiger partial charge in [0.2, 0.25) is 0 Å². The first-order valence-corrected chi connectivity index (χ1v) is 8.41. The number of anilines is 1. The predicted octanol–water partition coefficient (Wildman–Crippen LogP) is 2.84. The van der Waals surface area contributed by atoms with Crippen LogP contribution in [-0.4, -0.2) is 34.6 Å². The zero-order valence-corrected chi connectivity index (χ0v) is 13.9. The Kier molecular flexibility index (Phi) is 4.86. The Hall–Kier alpha value is -2.01. The lowest BCUT2D eigenvalue weighted by Crippen LogP contribution is -2.36. The van der Waals surface area contributed by atoms with E-state index in [1.807, 2.05) is 18.3 Å². The molecule has 0 atom stereocenters. The minimum atomic E-state index is 0.298. The third kappa shape index (κ3) is 3.67. The van der Waals surface area contributed by atoms with Crippen LogP contribution >= 0.6 is 0 Å². The lowest BCUT2D eigenvalue weighted by atomic mass is 9.97. The van der Waals surface area contributed by atoms with Crippen molar-refractivity contribution in [2.45, 2.75) is 32.6 Å². The summed E-state index contributed by atoms with van der Waals surface area (Å²) in [5, 5.41) is 0. The summed E-state index contributed by atoms with van der Waals surface area (Å²) in [7, 11) is 0. The van der Waals surface area contributed by atoms with E-state index in [2.05, 4.69) is 29.8 Å². The van der Waals surface area contributed by atoms with Gasteiger partial charge in [-0.2, -0.15) is 0 Å². The maximum atomic E-state index is 5.80. The SMILES string of the molecule is CC(C)c1nc(-c2cccnc2)cc(N2CCC(CN)CC2)n1. The van der Waals surface area contributed by atoms with Gasteiger partial charge < -0.3 is 10.6 Å². The molecule has 1 fully saturated rings. The van der Waals surface area contributed by atoms with Crippen LogP contribution in [0.3, 0.4) is 0 Å². The molecule has 0 spiro atoms. The summed E-state index contributed by atoms with van der Waals surface area (Å²) in [6.07, 6.45) is 5.92. The molecule has 3 rings (SSSR count). The molecule has 3 heterocycles. The number of aromatic nitrogens is 3. The third-order valence-corrected chi connectivity index (χ3v) is 4.48. The molecule has 0 saturated carbocycles. The van der Waals surface area contributed by atoms with Gasteiger partial charge in [-0.1, -0.05) is 13.8 Å². The second kappa shape index (κ2) is 7.04. The molecular weight excluding hydrogens is 286 g/mol. The first-order chi connectivity index (χ1) is 11.2. The summed E-state index contributed by atoms with van der Waals surface area (Å²) in [6.45, 7) is 7.08. The standard InChI is InChI=1S/C18H25N5/c1-13(2)18-21-16(15-4-3-7-20-12-15)10-17(22-18)23-8-5-14(11-19)6-9-23/h3-4,7,10,12-14H,5-6,8-9,11,19H2,1-2H3. The van der Waals surface area contributed by atoms with Crippen LogP contribution in [0.15, 0.2) is 30.6 Å².